The van der Waals surface area contributed by atoms with E-state index in [4.69, 9.17) is 4.74 Å². The maximum absolute atomic E-state index is 12.4. The molecule has 2 nitrogen and oxygen atoms in total. The third-order valence-electron chi connectivity index (χ3n) is 3.37. The monoisotopic (exact) mass is 308 g/mol. The fraction of sp³-hybridized carbons (Fsp3) is 0.105. The van der Waals surface area contributed by atoms with E-state index in [1.165, 1.54) is 11.3 Å². The van der Waals surface area contributed by atoms with Crippen LogP contribution in [0.1, 0.15) is 31.8 Å². The summed E-state index contributed by atoms with van der Waals surface area (Å²) in [6.45, 7) is 1.98. The standard InChI is InChI=1S/C19H16O2S/c1-14-12-13-17(22-14)19(20)21-18(15-8-4-2-5-9-15)16-10-6-3-7-11-16/h2-13,18H,1H3. The first-order valence-corrected chi connectivity index (χ1v) is 7.93. The summed E-state index contributed by atoms with van der Waals surface area (Å²) in [6, 6.07) is 23.4. The minimum Gasteiger partial charge on any atom is -0.448 e. The first-order valence-electron chi connectivity index (χ1n) is 7.11. The van der Waals surface area contributed by atoms with Crippen LogP contribution in [0.2, 0.25) is 0 Å². The van der Waals surface area contributed by atoms with Crippen LogP contribution in [0.15, 0.2) is 72.8 Å². The minimum atomic E-state index is -0.391. The highest BCUT2D eigenvalue weighted by molar-refractivity contribution is 7.13. The van der Waals surface area contributed by atoms with Gasteiger partial charge in [0.25, 0.3) is 0 Å². The van der Waals surface area contributed by atoms with Gasteiger partial charge in [0.05, 0.1) is 0 Å². The van der Waals surface area contributed by atoms with Gasteiger partial charge < -0.3 is 4.74 Å². The Morgan fingerprint density at radius 1 is 0.864 bits per heavy atom. The molecule has 0 unspecified atom stereocenters. The van der Waals surface area contributed by atoms with E-state index in [0.29, 0.717) is 4.88 Å². The number of rotatable bonds is 4. The van der Waals surface area contributed by atoms with E-state index in [1.54, 1.807) is 0 Å². The van der Waals surface area contributed by atoms with Gasteiger partial charge in [-0.05, 0) is 30.2 Å². The van der Waals surface area contributed by atoms with Gasteiger partial charge in [-0.1, -0.05) is 60.7 Å². The van der Waals surface area contributed by atoms with Crippen LogP contribution in [0, 0.1) is 6.92 Å². The quantitative estimate of drug-likeness (QED) is 0.634. The van der Waals surface area contributed by atoms with Crippen molar-refractivity contribution in [3.8, 4) is 0 Å². The summed E-state index contributed by atoms with van der Waals surface area (Å²) in [5, 5.41) is 0. The Balaban J connectivity index is 1.91. The lowest BCUT2D eigenvalue weighted by atomic mass is 10.0. The molecule has 2 aromatic carbocycles. The summed E-state index contributed by atoms with van der Waals surface area (Å²) in [7, 11) is 0. The molecule has 0 fully saturated rings. The van der Waals surface area contributed by atoms with Gasteiger partial charge in [-0.25, -0.2) is 4.79 Å². The molecule has 0 atom stereocenters. The highest BCUT2D eigenvalue weighted by atomic mass is 32.1. The molecule has 0 saturated carbocycles. The number of hydrogen-bond donors (Lipinski definition) is 0. The van der Waals surface area contributed by atoms with Crippen molar-refractivity contribution in [2.45, 2.75) is 13.0 Å². The summed E-state index contributed by atoms with van der Waals surface area (Å²) >= 11 is 1.45. The molecule has 3 heteroatoms. The van der Waals surface area contributed by atoms with Crippen molar-refractivity contribution < 1.29 is 9.53 Å². The molecule has 0 saturated heterocycles. The Kier molecular flexibility index (Phi) is 4.35. The first-order chi connectivity index (χ1) is 10.7. The number of esters is 1. The molecule has 22 heavy (non-hydrogen) atoms. The highest BCUT2D eigenvalue weighted by Gasteiger charge is 2.20. The Hall–Kier alpha value is -2.39. The second kappa shape index (κ2) is 6.58. The molecule has 0 amide bonds. The maximum Gasteiger partial charge on any atom is 0.349 e. The predicted octanol–water partition coefficient (Wildman–Crippen LogP) is 5.00. The Bertz CT molecular complexity index is 708. The van der Waals surface area contributed by atoms with Gasteiger partial charge in [0.1, 0.15) is 4.88 Å². The largest absolute Gasteiger partial charge is 0.448 e. The topological polar surface area (TPSA) is 26.3 Å². The Labute approximate surface area is 134 Å². The van der Waals surface area contributed by atoms with E-state index in [9.17, 15) is 4.79 Å². The number of aryl methyl sites for hydroxylation is 1. The third-order valence-corrected chi connectivity index (χ3v) is 4.35. The lowest BCUT2D eigenvalue weighted by Crippen LogP contribution is -2.12. The Morgan fingerprint density at radius 2 is 1.41 bits per heavy atom. The zero-order chi connectivity index (χ0) is 15.4. The van der Waals surface area contributed by atoms with Crippen molar-refractivity contribution in [1.29, 1.82) is 0 Å². The molecule has 3 aromatic rings. The lowest BCUT2D eigenvalue weighted by molar-refractivity contribution is 0.0384. The fourth-order valence-corrected chi connectivity index (χ4v) is 3.04. The number of hydrogen-bond acceptors (Lipinski definition) is 3. The van der Waals surface area contributed by atoms with Crippen LogP contribution in [0.4, 0.5) is 0 Å². The van der Waals surface area contributed by atoms with Crippen molar-refractivity contribution >= 4 is 17.3 Å². The molecule has 1 aromatic heterocycles. The lowest BCUT2D eigenvalue weighted by Gasteiger charge is -2.18. The van der Waals surface area contributed by atoms with Gasteiger partial charge >= 0.3 is 5.97 Å². The van der Waals surface area contributed by atoms with Gasteiger partial charge in [0.15, 0.2) is 6.10 Å². The molecule has 0 N–H and O–H groups in total. The van der Waals surface area contributed by atoms with Crippen LogP contribution in [0.5, 0.6) is 0 Å². The van der Waals surface area contributed by atoms with Crippen LogP contribution in [0.25, 0.3) is 0 Å². The molecule has 0 spiro atoms. The molecule has 0 bridgehead atoms. The fourth-order valence-electron chi connectivity index (χ4n) is 2.29. The van der Waals surface area contributed by atoms with E-state index in [1.807, 2.05) is 79.7 Å². The molecule has 1 heterocycles. The smallest absolute Gasteiger partial charge is 0.349 e. The van der Waals surface area contributed by atoms with Crippen molar-refractivity contribution in [3.05, 3.63) is 93.7 Å². The summed E-state index contributed by atoms with van der Waals surface area (Å²) in [4.78, 5) is 14.1. The van der Waals surface area contributed by atoms with Gasteiger partial charge in [-0.2, -0.15) is 0 Å². The number of ether oxygens (including phenoxy) is 1. The highest BCUT2D eigenvalue weighted by Crippen LogP contribution is 2.28. The van der Waals surface area contributed by atoms with Crippen LogP contribution in [-0.2, 0) is 4.74 Å². The summed E-state index contributed by atoms with van der Waals surface area (Å²) < 4.78 is 5.79. The molecular formula is C19H16O2S. The maximum atomic E-state index is 12.4. The average Bonchev–Trinajstić information content (AvgIpc) is 3.01. The minimum absolute atomic E-state index is 0.282. The van der Waals surface area contributed by atoms with Gasteiger partial charge in [-0.3, -0.25) is 0 Å². The zero-order valence-corrected chi connectivity index (χ0v) is 13.0. The SMILES string of the molecule is Cc1ccc(C(=O)OC(c2ccccc2)c2ccccc2)s1. The van der Waals surface area contributed by atoms with E-state index >= 15 is 0 Å². The van der Waals surface area contributed by atoms with Crippen LogP contribution < -0.4 is 0 Å². The van der Waals surface area contributed by atoms with Crippen molar-refractivity contribution in [1.82, 2.24) is 0 Å². The predicted molar refractivity (Wildman–Crippen MR) is 89.2 cm³/mol. The van der Waals surface area contributed by atoms with Crippen LogP contribution in [-0.4, -0.2) is 5.97 Å². The number of carbonyl (C=O) groups is 1. The van der Waals surface area contributed by atoms with E-state index in [0.717, 1.165) is 16.0 Å². The van der Waals surface area contributed by atoms with Gasteiger partial charge in [0.2, 0.25) is 0 Å². The molecule has 0 aliphatic carbocycles. The Morgan fingerprint density at radius 3 is 1.86 bits per heavy atom. The van der Waals surface area contributed by atoms with E-state index in [-0.39, 0.29) is 5.97 Å². The molecule has 110 valence electrons. The number of carbonyl (C=O) groups excluding carboxylic acids is 1. The van der Waals surface area contributed by atoms with Crippen LogP contribution in [0.3, 0.4) is 0 Å². The summed E-state index contributed by atoms with van der Waals surface area (Å²) in [5.74, 6) is -0.282. The summed E-state index contributed by atoms with van der Waals surface area (Å²) in [6.07, 6.45) is -0.391. The molecule has 0 aliphatic heterocycles. The van der Waals surface area contributed by atoms with Crippen molar-refractivity contribution in [3.63, 3.8) is 0 Å². The second-order valence-electron chi connectivity index (χ2n) is 5.02. The second-order valence-corrected chi connectivity index (χ2v) is 6.30. The average molecular weight is 308 g/mol. The first kappa shape index (κ1) is 14.5. The molecule has 0 aliphatic rings. The number of benzene rings is 2. The summed E-state index contributed by atoms with van der Waals surface area (Å²) in [5.41, 5.74) is 1.94. The normalized spacial score (nSPS) is 10.6. The van der Waals surface area contributed by atoms with E-state index in [2.05, 4.69) is 0 Å². The third kappa shape index (κ3) is 3.26. The van der Waals surface area contributed by atoms with Crippen LogP contribution >= 0.6 is 11.3 Å². The number of thiophene rings is 1. The molecular weight excluding hydrogens is 292 g/mol. The zero-order valence-electron chi connectivity index (χ0n) is 12.2. The molecule has 3 rings (SSSR count). The van der Waals surface area contributed by atoms with Gasteiger partial charge in [-0.15, -0.1) is 11.3 Å². The van der Waals surface area contributed by atoms with Gasteiger partial charge in [0, 0.05) is 4.88 Å². The van der Waals surface area contributed by atoms with Crippen molar-refractivity contribution in [2.75, 3.05) is 0 Å². The van der Waals surface area contributed by atoms with Crippen molar-refractivity contribution in [2.24, 2.45) is 0 Å². The van der Waals surface area contributed by atoms with E-state index < -0.39 is 6.10 Å². The molecule has 0 radical (unpaired) electrons.